The Hall–Kier alpha value is -3.48. The number of aromatic nitrogens is 2. The Labute approximate surface area is 175 Å². The van der Waals surface area contributed by atoms with Crippen LogP contribution in [0.4, 0.5) is 4.39 Å². The molecule has 2 amide bonds. The van der Waals surface area contributed by atoms with Crippen LogP contribution in [-0.2, 0) is 6.54 Å². The summed E-state index contributed by atoms with van der Waals surface area (Å²) in [7, 11) is 3.41. The summed E-state index contributed by atoms with van der Waals surface area (Å²) in [4.78, 5) is 26.3. The van der Waals surface area contributed by atoms with E-state index in [0.717, 1.165) is 11.3 Å². The third kappa shape index (κ3) is 4.56. The van der Waals surface area contributed by atoms with E-state index in [1.165, 1.54) is 23.2 Å². The van der Waals surface area contributed by atoms with Crippen LogP contribution >= 0.6 is 0 Å². The molecule has 30 heavy (non-hydrogen) atoms. The SMILES string of the molecule is CC(C)c1c(C(=O)NCc2ccc(C(=O)N(C)C)cc2)cnn1-c1ccc(F)cc1. The fraction of sp³-hybridized carbons (Fsp3) is 0.261. The minimum absolute atomic E-state index is 0.0367. The summed E-state index contributed by atoms with van der Waals surface area (Å²) in [5, 5.41) is 7.26. The molecule has 0 saturated heterocycles. The molecule has 156 valence electrons. The number of hydrogen-bond donors (Lipinski definition) is 1. The molecule has 1 N–H and O–H groups in total. The van der Waals surface area contributed by atoms with E-state index in [1.807, 2.05) is 26.0 Å². The molecule has 3 rings (SSSR count). The van der Waals surface area contributed by atoms with Gasteiger partial charge in [0.25, 0.3) is 11.8 Å². The van der Waals surface area contributed by atoms with E-state index in [1.54, 1.807) is 43.0 Å². The average Bonchev–Trinajstić information content (AvgIpc) is 3.18. The Morgan fingerprint density at radius 1 is 1.07 bits per heavy atom. The molecular weight excluding hydrogens is 383 g/mol. The minimum Gasteiger partial charge on any atom is -0.348 e. The molecule has 2 aromatic carbocycles. The van der Waals surface area contributed by atoms with Crippen LogP contribution < -0.4 is 5.32 Å². The lowest BCUT2D eigenvalue weighted by Crippen LogP contribution is -2.24. The smallest absolute Gasteiger partial charge is 0.255 e. The normalized spacial score (nSPS) is 10.9. The Bertz CT molecular complexity index is 1040. The first kappa shape index (κ1) is 21.2. The van der Waals surface area contributed by atoms with Crippen molar-refractivity contribution in [1.29, 1.82) is 0 Å². The van der Waals surface area contributed by atoms with Crippen LogP contribution in [0.15, 0.2) is 54.7 Å². The summed E-state index contributed by atoms with van der Waals surface area (Å²) in [5.41, 5.74) is 3.41. The fourth-order valence-electron chi connectivity index (χ4n) is 3.18. The van der Waals surface area contributed by atoms with Crippen LogP contribution in [0.2, 0.25) is 0 Å². The Balaban J connectivity index is 1.76. The standard InChI is InChI=1S/C23H25FN4O2/c1-15(2)21-20(14-26-28(21)19-11-9-18(24)10-12-19)22(29)25-13-16-5-7-17(8-6-16)23(30)27(3)4/h5-12,14-15H,13H2,1-4H3,(H,25,29). The maximum Gasteiger partial charge on any atom is 0.255 e. The molecule has 0 atom stereocenters. The van der Waals surface area contributed by atoms with Gasteiger partial charge in [0, 0.05) is 26.2 Å². The number of hydrogen-bond acceptors (Lipinski definition) is 3. The second-order valence-electron chi connectivity index (χ2n) is 7.57. The summed E-state index contributed by atoms with van der Waals surface area (Å²) in [6.45, 7) is 4.29. The number of carbonyl (C=O) groups is 2. The minimum atomic E-state index is -0.326. The van der Waals surface area contributed by atoms with Gasteiger partial charge in [-0.3, -0.25) is 9.59 Å². The van der Waals surface area contributed by atoms with Crippen LogP contribution in [0.5, 0.6) is 0 Å². The van der Waals surface area contributed by atoms with E-state index in [-0.39, 0.29) is 23.5 Å². The summed E-state index contributed by atoms with van der Waals surface area (Å²) < 4.78 is 14.9. The van der Waals surface area contributed by atoms with Crippen molar-refractivity contribution < 1.29 is 14.0 Å². The predicted octanol–water partition coefficient (Wildman–Crippen LogP) is 3.77. The van der Waals surface area contributed by atoms with Gasteiger partial charge in [0.2, 0.25) is 0 Å². The second kappa shape index (κ2) is 8.90. The lowest BCUT2D eigenvalue weighted by molar-refractivity contribution is 0.0827. The first-order valence-electron chi connectivity index (χ1n) is 9.70. The topological polar surface area (TPSA) is 67.2 Å². The first-order valence-corrected chi connectivity index (χ1v) is 9.70. The number of amides is 2. The van der Waals surface area contributed by atoms with Crippen molar-refractivity contribution in [2.24, 2.45) is 0 Å². The number of halogens is 1. The highest BCUT2D eigenvalue weighted by atomic mass is 19.1. The van der Waals surface area contributed by atoms with Crippen molar-refractivity contribution in [3.63, 3.8) is 0 Å². The zero-order valence-corrected chi connectivity index (χ0v) is 17.5. The van der Waals surface area contributed by atoms with Crippen molar-refractivity contribution in [2.45, 2.75) is 26.3 Å². The van der Waals surface area contributed by atoms with Gasteiger partial charge in [-0.2, -0.15) is 5.10 Å². The van der Waals surface area contributed by atoms with E-state index < -0.39 is 0 Å². The molecular formula is C23H25FN4O2. The number of rotatable bonds is 6. The molecule has 0 unspecified atom stereocenters. The maximum absolute atomic E-state index is 13.3. The van der Waals surface area contributed by atoms with Crippen molar-refractivity contribution in [3.05, 3.63) is 82.9 Å². The molecule has 0 aliphatic heterocycles. The van der Waals surface area contributed by atoms with Crippen LogP contribution in [0.25, 0.3) is 5.69 Å². The van der Waals surface area contributed by atoms with Gasteiger partial charge in [-0.15, -0.1) is 0 Å². The van der Waals surface area contributed by atoms with E-state index >= 15 is 0 Å². The third-order valence-corrected chi connectivity index (χ3v) is 4.73. The number of nitrogens with one attached hydrogen (secondary N) is 1. The summed E-state index contributed by atoms with van der Waals surface area (Å²) in [6, 6.07) is 13.1. The Morgan fingerprint density at radius 2 is 1.70 bits per heavy atom. The third-order valence-electron chi connectivity index (χ3n) is 4.73. The zero-order chi connectivity index (χ0) is 21.8. The average molecular weight is 408 g/mol. The van der Waals surface area contributed by atoms with Gasteiger partial charge < -0.3 is 10.2 Å². The fourth-order valence-corrected chi connectivity index (χ4v) is 3.18. The summed E-state index contributed by atoms with van der Waals surface area (Å²) >= 11 is 0. The van der Waals surface area contributed by atoms with Crippen molar-refractivity contribution >= 4 is 11.8 Å². The van der Waals surface area contributed by atoms with Crippen LogP contribution in [0.1, 0.15) is 51.7 Å². The summed E-state index contributed by atoms with van der Waals surface area (Å²) in [5.74, 6) is -0.594. The van der Waals surface area contributed by atoms with Crippen molar-refractivity contribution in [3.8, 4) is 5.69 Å². The highest BCUT2D eigenvalue weighted by Gasteiger charge is 2.21. The molecule has 7 heteroatoms. The zero-order valence-electron chi connectivity index (χ0n) is 17.5. The van der Waals surface area contributed by atoms with E-state index in [4.69, 9.17) is 0 Å². The molecule has 0 spiro atoms. The second-order valence-corrected chi connectivity index (χ2v) is 7.57. The maximum atomic E-state index is 13.3. The van der Waals surface area contributed by atoms with Gasteiger partial charge in [0.05, 0.1) is 23.1 Å². The van der Waals surface area contributed by atoms with Gasteiger partial charge in [0.1, 0.15) is 5.82 Å². The molecule has 0 radical (unpaired) electrons. The van der Waals surface area contributed by atoms with Gasteiger partial charge in [-0.25, -0.2) is 9.07 Å². The van der Waals surface area contributed by atoms with Gasteiger partial charge in [0.15, 0.2) is 0 Å². The first-order chi connectivity index (χ1) is 14.3. The number of carbonyl (C=O) groups excluding carboxylic acids is 2. The van der Waals surface area contributed by atoms with E-state index in [9.17, 15) is 14.0 Å². The highest BCUT2D eigenvalue weighted by molar-refractivity contribution is 5.95. The largest absolute Gasteiger partial charge is 0.348 e. The Morgan fingerprint density at radius 3 is 2.27 bits per heavy atom. The molecule has 0 aliphatic rings. The van der Waals surface area contributed by atoms with E-state index in [2.05, 4.69) is 10.4 Å². The monoisotopic (exact) mass is 408 g/mol. The molecule has 1 heterocycles. The van der Waals surface area contributed by atoms with Crippen LogP contribution in [0, 0.1) is 5.82 Å². The lowest BCUT2D eigenvalue weighted by Gasteiger charge is -2.13. The van der Waals surface area contributed by atoms with Gasteiger partial charge in [-0.1, -0.05) is 26.0 Å². The number of benzene rings is 2. The molecule has 3 aromatic rings. The van der Waals surface area contributed by atoms with Crippen LogP contribution in [0.3, 0.4) is 0 Å². The van der Waals surface area contributed by atoms with Crippen LogP contribution in [-0.4, -0.2) is 40.6 Å². The molecule has 0 saturated carbocycles. The molecule has 0 bridgehead atoms. The molecule has 0 fully saturated rings. The van der Waals surface area contributed by atoms with Crippen molar-refractivity contribution in [2.75, 3.05) is 14.1 Å². The van der Waals surface area contributed by atoms with E-state index in [0.29, 0.717) is 23.4 Å². The van der Waals surface area contributed by atoms with Gasteiger partial charge in [-0.05, 0) is 47.9 Å². The molecule has 1 aromatic heterocycles. The van der Waals surface area contributed by atoms with Crippen molar-refractivity contribution in [1.82, 2.24) is 20.0 Å². The Kier molecular flexibility index (Phi) is 6.30. The number of nitrogens with zero attached hydrogens (tertiary/aromatic N) is 3. The molecule has 6 nitrogen and oxygen atoms in total. The highest BCUT2D eigenvalue weighted by Crippen LogP contribution is 2.23. The van der Waals surface area contributed by atoms with Gasteiger partial charge >= 0.3 is 0 Å². The molecule has 0 aliphatic carbocycles. The predicted molar refractivity (Wildman–Crippen MR) is 113 cm³/mol. The quantitative estimate of drug-likeness (QED) is 0.675. The summed E-state index contributed by atoms with van der Waals surface area (Å²) in [6.07, 6.45) is 1.53. The lowest BCUT2D eigenvalue weighted by atomic mass is 10.0.